The number of H-pyrrole nitrogens is 1. The number of benzene rings is 2. The lowest BCUT2D eigenvalue weighted by molar-refractivity contribution is 0.119. The first-order valence-electron chi connectivity index (χ1n) is 10.5. The first-order valence-corrected chi connectivity index (χ1v) is 10.5. The van der Waals surface area contributed by atoms with Crippen molar-refractivity contribution < 1.29 is 0 Å². The fourth-order valence-corrected chi connectivity index (χ4v) is 4.53. The van der Waals surface area contributed by atoms with Crippen LogP contribution in [0.1, 0.15) is 22.5 Å². The summed E-state index contributed by atoms with van der Waals surface area (Å²) in [5.74, 6) is 0.756. The molecule has 0 radical (unpaired) electrons. The molecule has 0 spiro atoms. The van der Waals surface area contributed by atoms with Gasteiger partial charge in [0.05, 0.1) is 17.4 Å². The molecular weight excluding hydrogens is 362 g/mol. The molecule has 1 fully saturated rings. The third-order valence-electron chi connectivity index (χ3n) is 6.13. The van der Waals surface area contributed by atoms with Gasteiger partial charge in [-0.1, -0.05) is 30.3 Å². The molecule has 3 heterocycles. The molecule has 0 amide bonds. The summed E-state index contributed by atoms with van der Waals surface area (Å²) in [6, 6.07) is 14.3. The van der Waals surface area contributed by atoms with Crippen LogP contribution in [0, 0.1) is 0 Å². The number of fused-ring (bicyclic) bond motifs is 2. The van der Waals surface area contributed by atoms with Crippen LogP contribution in [-0.2, 0) is 26.1 Å². The van der Waals surface area contributed by atoms with Crippen LogP contribution in [0.3, 0.4) is 0 Å². The number of rotatable bonds is 4. The van der Waals surface area contributed by atoms with Gasteiger partial charge in [0.25, 0.3) is 5.56 Å². The maximum atomic E-state index is 12.3. The molecule has 1 saturated heterocycles. The number of nitrogens with one attached hydrogen (secondary N) is 2. The molecule has 150 valence electrons. The SMILES string of the molecule is O=c1[nH]c(CN2CCN(Cc3cccc4c3CCNC4)CC2)nc2ccccc12. The smallest absolute Gasteiger partial charge is 0.258 e. The van der Waals surface area contributed by atoms with Crippen LogP contribution in [0.25, 0.3) is 10.9 Å². The van der Waals surface area contributed by atoms with Crippen molar-refractivity contribution in [2.75, 3.05) is 32.7 Å². The average Bonchev–Trinajstić information content (AvgIpc) is 2.75. The second-order valence-corrected chi connectivity index (χ2v) is 8.06. The van der Waals surface area contributed by atoms with Gasteiger partial charge in [0, 0.05) is 39.3 Å². The summed E-state index contributed by atoms with van der Waals surface area (Å²) < 4.78 is 0. The topological polar surface area (TPSA) is 64.3 Å². The Labute approximate surface area is 170 Å². The Kier molecular flexibility index (Phi) is 5.14. The van der Waals surface area contributed by atoms with Crippen molar-refractivity contribution in [3.8, 4) is 0 Å². The lowest BCUT2D eigenvalue weighted by Gasteiger charge is -2.35. The third kappa shape index (κ3) is 3.96. The Hall–Kier alpha value is -2.54. The molecule has 0 unspecified atom stereocenters. The van der Waals surface area contributed by atoms with E-state index in [0.29, 0.717) is 11.9 Å². The molecule has 0 saturated carbocycles. The van der Waals surface area contributed by atoms with Gasteiger partial charge < -0.3 is 10.3 Å². The Morgan fingerprint density at radius 2 is 1.72 bits per heavy atom. The highest BCUT2D eigenvalue weighted by atomic mass is 16.1. The van der Waals surface area contributed by atoms with E-state index in [2.05, 4.69) is 43.3 Å². The molecule has 3 aromatic rings. The fraction of sp³-hybridized carbons (Fsp3) is 0.391. The molecule has 0 aliphatic carbocycles. The van der Waals surface area contributed by atoms with E-state index in [9.17, 15) is 4.79 Å². The average molecular weight is 390 g/mol. The summed E-state index contributed by atoms with van der Waals surface area (Å²) in [5.41, 5.74) is 5.21. The zero-order chi connectivity index (χ0) is 19.6. The van der Waals surface area contributed by atoms with Crippen molar-refractivity contribution in [1.82, 2.24) is 25.1 Å². The molecular formula is C23H27N5O. The minimum Gasteiger partial charge on any atom is -0.312 e. The minimum absolute atomic E-state index is 0.0485. The maximum Gasteiger partial charge on any atom is 0.258 e. The molecule has 5 rings (SSSR count). The highest BCUT2D eigenvalue weighted by molar-refractivity contribution is 5.77. The van der Waals surface area contributed by atoms with Gasteiger partial charge in [-0.2, -0.15) is 0 Å². The van der Waals surface area contributed by atoms with E-state index in [1.165, 1.54) is 11.1 Å². The number of nitrogens with zero attached hydrogens (tertiary/aromatic N) is 3. The van der Waals surface area contributed by atoms with Crippen molar-refractivity contribution >= 4 is 10.9 Å². The maximum absolute atomic E-state index is 12.3. The van der Waals surface area contributed by atoms with E-state index >= 15 is 0 Å². The van der Waals surface area contributed by atoms with E-state index in [4.69, 9.17) is 0 Å². The molecule has 2 aliphatic rings. The largest absolute Gasteiger partial charge is 0.312 e. The van der Waals surface area contributed by atoms with Gasteiger partial charge in [-0.05, 0) is 41.8 Å². The Balaban J connectivity index is 1.22. The van der Waals surface area contributed by atoms with Gasteiger partial charge in [-0.15, -0.1) is 0 Å². The van der Waals surface area contributed by atoms with Crippen molar-refractivity contribution in [3.63, 3.8) is 0 Å². The van der Waals surface area contributed by atoms with Crippen LogP contribution >= 0.6 is 0 Å². The zero-order valence-electron chi connectivity index (χ0n) is 16.7. The molecule has 1 aromatic heterocycles. The molecule has 6 nitrogen and oxygen atoms in total. The standard InChI is InChI=1S/C23H27N5O/c29-23-20-6-1-2-7-21(20)25-22(26-23)16-28-12-10-27(11-13-28)15-18-5-3-4-17-14-24-9-8-19(17)18/h1-7,24H,8-16H2,(H,25,26,29). The fourth-order valence-electron chi connectivity index (χ4n) is 4.53. The normalized spacial score (nSPS) is 18.1. The quantitative estimate of drug-likeness (QED) is 0.713. The monoisotopic (exact) mass is 389 g/mol. The van der Waals surface area contributed by atoms with Crippen LogP contribution in [0.2, 0.25) is 0 Å². The predicted molar refractivity (Wildman–Crippen MR) is 115 cm³/mol. The molecule has 2 aromatic carbocycles. The number of para-hydroxylation sites is 1. The molecule has 6 heteroatoms. The summed E-state index contributed by atoms with van der Waals surface area (Å²) in [7, 11) is 0. The summed E-state index contributed by atoms with van der Waals surface area (Å²) in [6.45, 7) is 7.87. The van der Waals surface area contributed by atoms with Crippen molar-refractivity contribution in [3.05, 3.63) is 75.3 Å². The van der Waals surface area contributed by atoms with Gasteiger partial charge in [-0.25, -0.2) is 4.98 Å². The molecule has 0 bridgehead atoms. The molecule has 2 N–H and O–H groups in total. The Bertz CT molecular complexity index is 1070. The number of hydrogen-bond acceptors (Lipinski definition) is 5. The van der Waals surface area contributed by atoms with Crippen molar-refractivity contribution in [1.29, 1.82) is 0 Å². The summed E-state index contributed by atoms with van der Waals surface area (Å²) >= 11 is 0. The molecule has 29 heavy (non-hydrogen) atoms. The van der Waals surface area contributed by atoms with Crippen LogP contribution in [0.15, 0.2) is 47.3 Å². The van der Waals surface area contributed by atoms with E-state index in [1.807, 2.05) is 24.3 Å². The van der Waals surface area contributed by atoms with Gasteiger partial charge in [0.15, 0.2) is 0 Å². The van der Waals surface area contributed by atoms with E-state index in [1.54, 1.807) is 5.56 Å². The van der Waals surface area contributed by atoms with Crippen LogP contribution in [0.4, 0.5) is 0 Å². The van der Waals surface area contributed by atoms with Crippen molar-refractivity contribution in [2.24, 2.45) is 0 Å². The Morgan fingerprint density at radius 1 is 0.931 bits per heavy atom. The summed E-state index contributed by atoms with van der Waals surface area (Å²) in [5, 5.41) is 4.12. The molecule has 2 aliphatic heterocycles. The number of aromatic amines is 1. The highest BCUT2D eigenvalue weighted by Crippen LogP contribution is 2.21. The first kappa shape index (κ1) is 18.5. The van der Waals surface area contributed by atoms with Gasteiger partial charge in [0.1, 0.15) is 5.82 Å². The van der Waals surface area contributed by atoms with Crippen LogP contribution < -0.4 is 10.9 Å². The predicted octanol–water partition coefficient (Wildman–Crippen LogP) is 1.89. The van der Waals surface area contributed by atoms with Crippen LogP contribution in [0.5, 0.6) is 0 Å². The van der Waals surface area contributed by atoms with Gasteiger partial charge in [0.2, 0.25) is 0 Å². The van der Waals surface area contributed by atoms with Crippen LogP contribution in [-0.4, -0.2) is 52.5 Å². The summed E-state index contributed by atoms with van der Waals surface area (Å²) in [4.78, 5) is 24.8. The summed E-state index contributed by atoms with van der Waals surface area (Å²) in [6.07, 6.45) is 1.13. The third-order valence-corrected chi connectivity index (χ3v) is 6.13. The van der Waals surface area contributed by atoms with E-state index in [0.717, 1.165) is 63.6 Å². The van der Waals surface area contributed by atoms with E-state index in [-0.39, 0.29) is 5.56 Å². The second kappa shape index (κ2) is 8.06. The lowest BCUT2D eigenvalue weighted by Crippen LogP contribution is -2.45. The molecule has 0 atom stereocenters. The number of piperazine rings is 1. The zero-order valence-corrected chi connectivity index (χ0v) is 16.7. The van der Waals surface area contributed by atoms with E-state index < -0.39 is 0 Å². The number of aromatic nitrogens is 2. The van der Waals surface area contributed by atoms with Gasteiger partial charge in [-0.3, -0.25) is 14.6 Å². The first-order chi connectivity index (χ1) is 14.3. The number of hydrogen-bond donors (Lipinski definition) is 2. The Morgan fingerprint density at radius 3 is 2.59 bits per heavy atom. The minimum atomic E-state index is -0.0485. The lowest BCUT2D eigenvalue weighted by atomic mass is 9.95. The van der Waals surface area contributed by atoms with Crippen molar-refractivity contribution in [2.45, 2.75) is 26.1 Å². The van der Waals surface area contributed by atoms with Gasteiger partial charge >= 0.3 is 0 Å². The second-order valence-electron chi connectivity index (χ2n) is 8.06. The highest BCUT2D eigenvalue weighted by Gasteiger charge is 2.20.